The van der Waals surface area contributed by atoms with E-state index < -0.39 is 0 Å². The highest BCUT2D eigenvalue weighted by atomic mass is 16.5. The summed E-state index contributed by atoms with van der Waals surface area (Å²) in [6, 6.07) is 13.5. The summed E-state index contributed by atoms with van der Waals surface area (Å²) in [5.41, 5.74) is 3.49. The Morgan fingerprint density at radius 1 is 1.13 bits per heavy atom. The second-order valence-electron chi connectivity index (χ2n) is 8.23. The van der Waals surface area contributed by atoms with Gasteiger partial charge in [0.2, 0.25) is 5.91 Å². The van der Waals surface area contributed by atoms with Gasteiger partial charge in [0.1, 0.15) is 5.75 Å². The van der Waals surface area contributed by atoms with Gasteiger partial charge in [-0.3, -0.25) is 9.59 Å². The third kappa shape index (κ3) is 6.07. The normalized spacial score (nSPS) is 15.5. The van der Waals surface area contributed by atoms with Crippen molar-refractivity contribution in [2.45, 2.75) is 38.8 Å². The maximum absolute atomic E-state index is 13.4. The summed E-state index contributed by atoms with van der Waals surface area (Å²) >= 11 is 0. The molecule has 1 fully saturated rings. The van der Waals surface area contributed by atoms with E-state index in [1.165, 1.54) is 6.92 Å². The second-order valence-corrected chi connectivity index (χ2v) is 8.23. The van der Waals surface area contributed by atoms with Gasteiger partial charge in [0, 0.05) is 50.6 Å². The molecule has 6 nitrogen and oxygen atoms in total. The molecule has 2 aromatic rings. The van der Waals surface area contributed by atoms with Gasteiger partial charge in [-0.2, -0.15) is 0 Å². The fraction of sp³-hybridized carbons (Fsp3) is 0.440. The van der Waals surface area contributed by atoms with E-state index in [2.05, 4.69) is 24.3 Å². The van der Waals surface area contributed by atoms with E-state index in [0.717, 1.165) is 36.3 Å². The van der Waals surface area contributed by atoms with E-state index in [0.29, 0.717) is 24.4 Å². The molecule has 1 amide bonds. The molecule has 1 heterocycles. The van der Waals surface area contributed by atoms with Crippen molar-refractivity contribution in [3.05, 3.63) is 59.2 Å². The monoisotopic (exact) mass is 424 g/mol. The van der Waals surface area contributed by atoms with E-state index >= 15 is 0 Å². The maximum Gasteiger partial charge on any atom is 0.227 e. The van der Waals surface area contributed by atoms with Crippen LogP contribution in [0.3, 0.4) is 0 Å². The van der Waals surface area contributed by atoms with E-state index in [1.807, 2.05) is 23.9 Å². The van der Waals surface area contributed by atoms with Crippen LogP contribution in [0.2, 0.25) is 0 Å². The van der Waals surface area contributed by atoms with Gasteiger partial charge in [0.05, 0.1) is 19.6 Å². The number of amides is 1. The van der Waals surface area contributed by atoms with Crippen LogP contribution in [0, 0.1) is 0 Å². The quantitative estimate of drug-likeness (QED) is 0.575. The number of hydrogen-bond acceptors (Lipinski definition) is 5. The van der Waals surface area contributed by atoms with Crippen LogP contribution < -0.4 is 9.64 Å². The van der Waals surface area contributed by atoms with Crippen LogP contribution in [0.5, 0.6) is 5.75 Å². The molecule has 0 radical (unpaired) electrons. The zero-order valence-electron chi connectivity index (χ0n) is 18.9. The van der Waals surface area contributed by atoms with Crippen LogP contribution in [0.4, 0.5) is 5.69 Å². The predicted octanol–water partition coefficient (Wildman–Crippen LogP) is 3.71. The van der Waals surface area contributed by atoms with Crippen LogP contribution in [0.15, 0.2) is 42.5 Å². The lowest BCUT2D eigenvalue weighted by atomic mass is 10.0. The Morgan fingerprint density at radius 2 is 1.87 bits per heavy atom. The minimum absolute atomic E-state index is 0.00816. The summed E-state index contributed by atoms with van der Waals surface area (Å²) in [6.45, 7) is 3.34. The van der Waals surface area contributed by atoms with Crippen molar-refractivity contribution >= 4 is 17.4 Å². The Hall–Kier alpha value is -2.86. The van der Waals surface area contributed by atoms with Gasteiger partial charge in [0.25, 0.3) is 0 Å². The number of nitrogens with zero attached hydrogens (tertiary/aromatic N) is 2. The number of carbonyl (C=O) groups excluding carboxylic acids is 2. The molecule has 1 aliphatic heterocycles. The van der Waals surface area contributed by atoms with Crippen molar-refractivity contribution in [1.82, 2.24) is 4.90 Å². The molecule has 1 aliphatic rings. The minimum Gasteiger partial charge on any atom is -0.496 e. The third-order valence-electron chi connectivity index (χ3n) is 5.66. The lowest BCUT2D eigenvalue weighted by Gasteiger charge is -2.26. The second kappa shape index (κ2) is 10.4. The van der Waals surface area contributed by atoms with E-state index in [4.69, 9.17) is 9.47 Å². The molecule has 166 valence electrons. The lowest BCUT2D eigenvalue weighted by molar-refractivity contribution is -0.132. The molecule has 0 N–H and O–H groups in total. The average molecular weight is 425 g/mol. The highest BCUT2D eigenvalue weighted by Crippen LogP contribution is 2.23. The summed E-state index contributed by atoms with van der Waals surface area (Å²) in [7, 11) is 5.59. The van der Waals surface area contributed by atoms with Crippen LogP contribution >= 0.6 is 0 Å². The first-order valence-corrected chi connectivity index (χ1v) is 10.7. The number of benzene rings is 2. The SMILES string of the molecule is COc1ccc(C(C)=O)cc1CC(=O)N(Cc1ccc(N(C)C)cc1)CC1CCCO1. The molecule has 3 rings (SSSR count). The topological polar surface area (TPSA) is 59.1 Å². The molecule has 0 bridgehead atoms. The smallest absolute Gasteiger partial charge is 0.227 e. The summed E-state index contributed by atoms with van der Waals surface area (Å²) in [4.78, 5) is 29.1. The number of Topliss-reactive ketones (excluding diaryl/α,β-unsaturated/α-hetero) is 1. The molecular weight excluding hydrogens is 392 g/mol. The van der Waals surface area contributed by atoms with Crippen molar-refractivity contribution in [1.29, 1.82) is 0 Å². The standard InChI is InChI=1S/C25H32N2O4/c1-18(28)20-9-12-24(30-4)21(14-20)15-25(29)27(17-23-6-5-13-31-23)16-19-7-10-22(11-8-19)26(2)3/h7-12,14,23H,5-6,13,15-17H2,1-4H3. The summed E-state index contributed by atoms with van der Waals surface area (Å²) < 4.78 is 11.2. The molecule has 1 atom stereocenters. The molecule has 0 aromatic heterocycles. The van der Waals surface area contributed by atoms with Crippen LogP contribution in [0.1, 0.15) is 41.3 Å². The van der Waals surface area contributed by atoms with E-state index in [9.17, 15) is 9.59 Å². The van der Waals surface area contributed by atoms with Gasteiger partial charge < -0.3 is 19.3 Å². The molecule has 31 heavy (non-hydrogen) atoms. The first kappa shape index (κ1) is 22.8. The lowest BCUT2D eigenvalue weighted by Crippen LogP contribution is -2.38. The maximum atomic E-state index is 13.4. The van der Waals surface area contributed by atoms with Gasteiger partial charge in [-0.05, 0) is 55.7 Å². The highest BCUT2D eigenvalue weighted by molar-refractivity contribution is 5.94. The molecule has 6 heteroatoms. The van der Waals surface area contributed by atoms with Crippen molar-refractivity contribution in [2.75, 3.05) is 39.3 Å². The Morgan fingerprint density at radius 3 is 2.45 bits per heavy atom. The minimum atomic E-state index is -0.0338. The van der Waals surface area contributed by atoms with Gasteiger partial charge >= 0.3 is 0 Å². The molecule has 2 aromatic carbocycles. The first-order chi connectivity index (χ1) is 14.9. The number of carbonyl (C=O) groups is 2. The summed E-state index contributed by atoms with van der Waals surface area (Å²) in [5, 5.41) is 0. The van der Waals surface area contributed by atoms with Gasteiger partial charge in [-0.25, -0.2) is 0 Å². The number of hydrogen-bond donors (Lipinski definition) is 0. The fourth-order valence-electron chi connectivity index (χ4n) is 3.82. The largest absolute Gasteiger partial charge is 0.496 e. The molecule has 0 spiro atoms. The van der Waals surface area contributed by atoms with Crippen molar-refractivity contribution in [3.63, 3.8) is 0 Å². The first-order valence-electron chi connectivity index (χ1n) is 10.7. The molecule has 0 saturated carbocycles. The number of ether oxygens (including phenoxy) is 2. The zero-order chi connectivity index (χ0) is 22.4. The van der Waals surface area contributed by atoms with Crippen molar-refractivity contribution in [2.24, 2.45) is 0 Å². The average Bonchev–Trinajstić information content (AvgIpc) is 3.26. The number of anilines is 1. The Kier molecular flexibility index (Phi) is 7.69. The number of methoxy groups -OCH3 is 1. The van der Waals surface area contributed by atoms with Crippen molar-refractivity contribution in [3.8, 4) is 5.75 Å². The Bertz CT molecular complexity index is 902. The Labute approximate surface area is 184 Å². The molecule has 1 unspecified atom stereocenters. The highest BCUT2D eigenvalue weighted by Gasteiger charge is 2.24. The van der Waals surface area contributed by atoms with Crippen molar-refractivity contribution < 1.29 is 19.1 Å². The van der Waals surface area contributed by atoms with Gasteiger partial charge in [0.15, 0.2) is 5.78 Å². The van der Waals surface area contributed by atoms with Crippen LogP contribution in [0.25, 0.3) is 0 Å². The summed E-state index contributed by atoms with van der Waals surface area (Å²) in [5.74, 6) is 0.575. The fourth-order valence-corrected chi connectivity index (χ4v) is 3.82. The van der Waals surface area contributed by atoms with E-state index in [1.54, 1.807) is 25.3 Å². The predicted molar refractivity (Wildman–Crippen MR) is 122 cm³/mol. The zero-order valence-corrected chi connectivity index (χ0v) is 18.9. The van der Waals surface area contributed by atoms with Gasteiger partial charge in [-0.1, -0.05) is 12.1 Å². The van der Waals surface area contributed by atoms with Gasteiger partial charge in [-0.15, -0.1) is 0 Å². The molecule has 0 aliphatic carbocycles. The third-order valence-corrected chi connectivity index (χ3v) is 5.66. The Balaban J connectivity index is 1.80. The van der Waals surface area contributed by atoms with Crippen LogP contribution in [-0.2, 0) is 22.5 Å². The number of ketones is 1. The molecule has 1 saturated heterocycles. The molecular formula is C25H32N2O4. The summed E-state index contributed by atoms with van der Waals surface area (Å²) in [6.07, 6.45) is 2.23. The number of rotatable bonds is 9. The van der Waals surface area contributed by atoms with Crippen LogP contribution in [-0.4, -0.2) is 57.1 Å². The van der Waals surface area contributed by atoms with E-state index in [-0.39, 0.29) is 24.2 Å².